The van der Waals surface area contributed by atoms with Gasteiger partial charge in [-0.05, 0) is 45.1 Å². The third-order valence-corrected chi connectivity index (χ3v) is 3.87. The van der Waals surface area contributed by atoms with E-state index >= 15 is 0 Å². The smallest absolute Gasteiger partial charge is 0.462 e. The van der Waals surface area contributed by atoms with Crippen molar-refractivity contribution in [2.24, 2.45) is 5.41 Å². The number of carbonyl (C=O) groups excluding carboxylic acids is 2. The van der Waals surface area contributed by atoms with Crippen molar-refractivity contribution in [1.29, 1.82) is 0 Å². The van der Waals surface area contributed by atoms with Crippen molar-refractivity contribution in [1.82, 2.24) is 0 Å². The molecule has 1 rings (SSSR count). The highest BCUT2D eigenvalue weighted by atomic mass is 16.7. The second-order valence-electron chi connectivity index (χ2n) is 6.27. The normalized spacial score (nSPS) is 12.3. The molecule has 0 fully saturated rings. The van der Waals surface area contributed by atoms with E-state index in [4.69, 9.17) is 9.47 Å². The molecule has 5 heteroatoms. The second-order valence-corrected chi connectivity index (χ2v) is 6.27. The van der Waals surface area contributed by atoms with Crippen molar-refractivity contribution in [2.75, 3.05) is 19.8 Å². The number of hydrogen-bond donors (Lipinski definition) is 0. The van der Waals surface area contributed by atoms with Gasteiger partial charge in [0.25, 0.3) is 0 Å². The van der Waals surface area contributed by atoms with E-state index in [1.165, 1.54) is 5.56 Å². The summed E-state index contributed by atoms with van der Waals surface area (Å²) in [5.41, 5.74) is 0.618. The molecule has 5 nitrogen and oxygen atoms in total. The van der Waals surface area contributed by atoms with Crippen molar-refractivity contribution < 1.29 is 23.8 Å². The van der Waals surface area contributed by atoms with Gasteiger partial charge in [0.15, 0.2) is 0 Å². The molecular weight excluding hydrogens is 308 g/mol. The zero-order valence-corrected chi connectivity index (χ0v) is 15.0. The van der Waals surface area contributed by atoms with E-state index < -0.39 is 11.6 Å². The summed E-state index contributed by atoms with van der Waals surface area (Å²) in [6.07, 6.45) is 0.903. The summed E-state index contributed by atoms with van der Waals surface area (Å²) in [4.78, 5) is 23.4. The van der Waals surface area contributed by atoms with E-state index in [1.807, 2.05) is 32.0 Å². The summed E-state index contributed by atoms with van der Waals surface area (Å²) >= 11 is 0. The van der Waals surface area contributed by atoms with Gasteiger partial charge in [-0.2, -0.15) is 0 Å². The molecule has 0 aromatic heterocycles. The molecule has 0 aliphatic heterocycles. The van der Waals surface area contributed by atoms with Gasteiger partial charge < -0.3 is 14.2 Å². The predicted molar refractivity (Wildman–Crippen MR) is 91.8 cm³/mol. The molecule has 0 saturated heterocycles. The van der Waals surface area contributed by atoms with Crippen LogP contribution in [0.4, 0.5) is 4.79 Å². The summed E-state index contributed by atoms with van der Waals surface area (Å²) in [5.74, 6) is 0.00821. The number of hydrogen-bond acceptors (Lipinski definition) is 5. The molecule has 0 aliphatic carbocycles. The highest BCUT2D eigenvalue weighted by Crippen LogP contribution is 2.34. The van der Waals surface area contributed by atoms with Crippen LogP contribution < -0.4 is 0 Å². The highest BCUT2D eigenvalue weighted by Gasteiger charge is 2.32. The maximum atomic E-state index is 12.3. The maximum absolute atomic E-state index is 12.3. The third kappa shape index (κ3) is 6.60. The Hall–Kier alpha value is -2.04. The SMILES string of the molecule is CCOC(=O)OCCOC(=O)C(C)(C)CC(CC)c1ccccc1. The lowest BCUT2D eigenvalue weighted by molar-refractivity contribution is -0.155. The largest absolute Gasteiger partial charge is 0.508 e. The lowest BCUT2D eigenvalue weighted by Gasteiger charge is -2.27. The van der Waals surface area contributed by atoms with Crippen molar-refractivity contribution >= 4 is 12.1 Å². The van der Waals surface area contributed by atoms with Crippen LogP contribution in [0, 0.1) is 5.41 Å². The molecular formula is C19H28O5. The van der Waals surface area contributed by atoms with Gasteiger partial charge in [0, 0.05) is 0 Å². The zero-order valence-electron chi connectivity index (χ0n) is 15.0. The van der Waals surface area contributed by atoms with Crippen molar-refractivity contribution in [3.8, 4) is 0 Å². The number of esters is 1. The summed E-state index contributed by atoms with van der Waals surface area (Å²) < 4.78 is 14.7. The molecule has 0 radical (unpaired) electrons. The molecule has 1 aromatic carbocycles. The molecule has 0 N–H and O–H groups in total. The third-order valence-electron chi connectivity index (χ3n) is 3.87. The van der Waals surface area contributed by atoms with Crippen LogP contribution in [-0.4, -0.2) is 31.9 Å². The molecule has 0 spiro atoms. The average Bonchev–Trinajstić information content (AvgIpc) is 2.57. The van der Waals surface area contributed by atoms with Crippen molar-refractivity contribution in [2.45, 2.75) is 46.5 Å². The first kappa shape index (κ1) is 20.0. The summed E-state index contributed by atoms with van der Waals surface area (Å²) in [6.45, 7) is 7.86. The fourth-order valence-corrected chi connectivity index (χ4v) is 2.54. The standard InChI is InChI=1S/C19H28O5/c1-5-15(16-10-8-7-9-11-16)14-19(3,4)17(20)23-12-13-24-18(21)22-6-2/h7-11,15H,5-6,12-14H2,1-4H3. The minimum atomic E-state index is -0.747. The van der Waals surface area contributed by atoms with E-state index in [0.29, 0.717) is 12.3 Å². The molecule has 1 atom stereocenters. The Balaban J connectivity index is 2.48. The first-order chi connectivity index (χ1) is 11.4. The van der Waals surface area contributed by atoms with Crippen LogP contribution in [0.5, 0.6) is 0 Å². The van der Waals surface area contributed by atoms with Gasteiger partial charge in [-0.1, -0.05) is 37.3 Å². The van der Waals surface area contributed by atoms with Gasteiger partial charge in [-0.15, -0.1) is 0 Å². The second kappa shape index (κ2) is 9.96. The van der Waals surface area contributed by atoms with Crippen molar-refractivity contribution in [3.63, 3.8) is 0 Å². The van der Waals surface area contributed by atoms with E-state index in [0.717, 1.165) is 6.42 Å². The maximum Gasteiger partial charge on any atom is 0.508 e. The number of benzene rings is 1. The fraction of sp³-hybridized carbons (Fsp3) is 0.579. The van der Waals surface area contributed by atoms with E-state index in [1.54, 1.807) is 6.92 Å². The summed E-state index contributed by atoms with van der Waals surface area (Å²) in [5, 5.41) is 0. The van der Waals surface area contributed by atoms with Gasteiger partial charge >= 0.3 is 12.1 Å². The molecule has 24 heavy (non-hydrogen) atoms. The van der Waals surface area contributed by atoms with E-state index in [9.17, 15) is 9.59 Å². The fourth-order valence-electron chi connectivity index (χ4n) is 2.54. The number of rotatable bonds is 9. The summed E-state index contributed by atoms with van der Waals surface area (Å²) in [7, 11) is 0. The Bertz CT molecular complexity index is 510. The molecule has 1 aromatic rings. The molecule has 0 bridgehead atoms. The van der Waals surface area contributed by atoms with Crippen LogP contribution in [0.1, 0.15) is 52.0 Å². The Labute approximate surface area is 144 Å². The molecule has 0 heterocycles. The van der Waals surface area contributed by atoms with E-state index in [2.05, 4.69) is 23.8 Å². The predicted octanol–water partition coefficient (Wildman–Crippen LogP) is 4.31. The zero-order chi connectivity index (χ0) is 18.0. The van der Waals surface area contributed by atoms with Crippen LogP contribution in [0.25, 0.3) is 0 Å². The van der Waals surface area contributed by atoms with Crippen LogP contribution in [0.15, 0.2) is 30.3 Å². The quantitative estimate of drug-likeness (QED) is 0.496. The first-order valence-corrected chi connectivity index (χ1v) is 8.42. The van der Waals surface area contributed by atoms with Gasteiger partial charge in [0.2, 0.25) is 0 Å². The Morgan fingerprint density at radius 2 is 1.62 bits per heavy atom. The van der Waals surface area contributed by atoms with Gasteiger partial charge in [0.1, 0.15) is 13.2 Å². The van der Waals surface area contributed by atoms with Crippen LogP contribution in [0.2, 0.25) is 0 Å². The lowest BCUT2D eigenvalue weighted by Crippen LogP contribution is -2.30. The highest BCUT2D eigenvalue weighted by molar-refractivity contribution is 5.76. The van der Waals surface area contributed by atoms with Gasteiger partial charge in [-0.25, -0.2) is 4.79 Å². The minimum Gasteiger partial charge on any atom is -0.462 e. The monoisotopic (exact) mass is 336 g/mol. The average molecular weight is 336 g/mol. The van der Waals surface area contributed by atoms with Crippen LogP contribution in [-0.2, 0) is 19.0 Å². The number of carbonyl (C=O) groups is 2. The molecule has 1 unspecified atom stereocenters. The topological polar surface area (TPSA) is 61.8 Å². The van der Waals surface area contributed by atoms with E-state index in [-0.39, 0.29) is 25.8 Å². The molecule has 0 amide bonds. The Kier molecular flexibility index (Phi) is 8.30. The minimum absolute atomic E-state index is 0.00343. The Morgan fingerprint density at radius 3 is 2.21 bits per heavy atom. The van der Waals surface area contributed by atoms with Gasteiger partial charge in [-0.3, -0.25) is 4.79 Å². The van der Waals surface area contributed by atoms with Gasteiger partial charge in [0.05, 0.1) is 12.0 Å². The molecule has 0 saturated carbocycles. The summed E-state index contributed by atoms with van der Waals surface area (Å²) in [6, 6.07) is 10.2. The molecule has 0 aliphatic rings. The molecule has 134 valence electrons. The van der Waals surface area contributed by atoms with Crippen molar-refractivity contribution in [3.05, 3.63) is 35.9 Å². The lowest BCUT2D eigenvalue weighted by atomic mass is 9.79. The number of ether oxygens (including phenoxy) is 3. The Morgan fingerprint density at radius 1 is 1.00 bits per heavy atom. The first-order valence-electron chi connectivity index (χ1n) is 8.42. The van der Waals surface area contributed by atoms with Crippen LogP contribution >= 0.6 is 0 Å². The van der Waals surface area contributed by atoms with Crippen LogP contribution in [0.3, 0.4) is 0 Å².